The molecule has 0 unspecified atom stereocenters. The number of rotatable bonds is 5. The minimum absolute atomic E-state index is 0.0633. The van der Waals surface area contributed by atoms with Gasteiger partial charge < -0.3 is 19.7 Å². The van der Waals surface area contributed by atoms with Crippen molar-refractivity contribution in [2.75, 3.05) is 19.7 Å². The van der Waals surface area contributed by atoms with Gasteiger partial charge >= 0.3 is 6.16 Å². The number of nitrogens with zero attached hydrogens (tertiary/aromatic N) is 1. The van der Waals surface area contributed by atoms with Gasteiger partial charge in [0, 0.05) is 24.7 Å². The maximum Gasteiger partial charge on any atom is 0.513 e. The molecule has 0 aromatic heterocycles. The van der Waals surface area contributed by atoms with E-state index in [1.807, 2.05) is 0 Å². The van der Waals surface area contributed by atoms with Crippen LogP contribution < -0.4 is 10.1 Å². The Balaban J connectivity index is 1.12. The molecule has 5 aliphatic rings. The van der Waals surface area contributed by atoms with Crippen molar-refractivity contribution in [3.05, 3.63) is 29.8 Å². The zero-order chi connectivity index (χ0) is 23.0. The van der Waals surface area contributed by atoms with Crippen LogP contribution in [0.5, 0.6) is 5.75 Å². The molecule has 1 aromatic carbocycles. The van der Waals surface area contributed by atoms with E-state index in [0.717, 1.165) is 62.9 Å². The molecule has 0 radical (unpaired) electrons. The highest BCUT2D eigenvalue weighted by Gasteiger charge is 2.55. The van der Waals surface area contributed by atoms with E-state index >= 15 is 0 Å². The molecule has 33 heavy (non-hydrogen) atoms. The minimum Gasteiger partial charge on any atom is -0.434 e. The van der Waals surface area contributed by atoms with Gasteiger partial charge in [0.15, 0.2) is 0 Å². The fourth-order valence-corrected chi connectivity index (χ4v) is 7.12. The number of hydrogen-bond acceptors (Lipinski definition) is 5. The molecular formula is C26H34N2O5. The molecule has 5 fully saturated rings. The highest BCUT2D eigenvalue weighted by atomic mass is 16.7. The molecule has 4 bridgehead atoms. The summed E-state index contributed by atoms with van der Waals surface area (Å²) < 4.78 is 9.78. The van der Waals surface area contributed by atoms with Gasteiger partial charge in [-0.1, -0.05) is 0 Å². The van der Waals surface area contributed by atoms with Crippen molar-refractivity contribution in [1.82, 2.24) is 10.2 Å². The van der Waals surface area contributed by atoms with Crippen LogP contribution in [0.4, 0.5) is 4.79 Å². The minimum atomic E-state index is -0.760. The Hall–Kier alpha value is -2.57. The molecule has 1 aromatic rings. The lowest BCUT2D eigenvalue weighted by atomic mass is 9.49. The number of hydrogen-bond donors (Lipinski definition) is 1. The molecule has 6 rings (SSSR count). The quantitative estimate of drug-likeness (QED) is 0.533. The molecule has 2 amide bonds. The van der Waals surface area contributed by atoms with E-state index in [1.165, 1.54) is 19.3 Å². The molecule has 1 heterocycles. The summed E-state index contributed by atoms with van der Waals surface area (Å²) in [6.45, 7) is 3.39. The van der Waals surface area contributed by atoms with Crippen molar-refractivity contribution in [1.29, 1.82) is 0 Å². The van der Waals surface area contributed by atoms with Gasteiger partial charge in [-0.15, -0.1) is 0 Å². The molecule has 4 aliphatic carbocycles. The number of nitrogens with one attached hydrogen (secondary N) is 1. The van der Waals surface area contributed by atoms with Crippen LogP contribution in [0, 0.1) is 23.2 Å². The van der Waals surface area contributed by atoms with Crippen LogP contribution in [0.1, 0.15) is 68.6 Å². The summed E-state index contributed by atoms with van der Waals surface area (Å²) >= 11 is 0. The van der Waals surface area contributed by atoms with Crippen LogP contribution in [0.25, 0.3) is 0 Å². The van der Waals surface area contributed by atoms with Gasteiger partial charge in [0.2, 0.25) is 5.91 Å². The predicted molar refractivity (Wildman–Crippen MR) is 122 cm³/mol. The second kappa shape index (κ2) is 8.99. The monoisotopic (exact) mass is 454 g/mol. The van der Waals surface area contributed by atoms with E-state index in [0.29, 0.717) is 17.2 Å². The van der Waals surface area contributed by atoms with Gasteiger partial charge in [0.05, 0.1) is 12.0 Å². The van der Waals surface area contributed by atoms with Crippen molar-refractivity contribution in [3.63, 3.8) is 0 Å². The third kappa shape index (κ3) is 4.59. The SMILES string of the molecule is CCOC(=O)Oc1ccc(C(=O)NC2CCN(C(=O)C34CC5CC(CC(C5)C3)C4)CC2)cc1. The summed E-state index contributed by atoms with van der Waals surface area (Å²) in [5.74, 6) is 2.89. The molecule has 1 saturated heterocycles. The highest BCUT2D eigenvalue weighted by Crippen LogP contribution is 2.60. The number of likely N-dealkylation sites (tertiary alicyclic amines) is 1. The van der Waals surface area contributed by atoms with Crippen molar-refractivity contribution < 1.29 is 23.9 Å². The Kier molecular flexibility index (Phi) is 6.06. The molecule has 7 nitrogen and oxygen atoms in total. The van der Waals surface area contributed by atoms with E-state index in [-0.39, 0.29) is 24.0 Å². The Bertz CT molecular complexity index is 868. The summed E-state index contributed by atoms with van der Waals surface area (Å²) in [7, 11) is 0. The maximum absolute atomic E-state index is 13.5. The summed E-state index contributed by atoms with van der Waals surface area (Å²) in [4.78, 5) is 39.7. The zero-order valence-corrected chi connectivity index (χ0v) is 19.4. The van der Waals surface area contributed by atoms with Gasteiger partial charge in [-0.2, -0.15) is 0 Å². The summed E-state index contributed by atoms with van der Waals surface area (Å²) in [6.07, 6.45) is 8.15. The molecule has 0 spiro atoms. The van der Waals surface area contributed by atoms with Gasteiger partial charge in [0.25, 0.3) is 5.91 Å². The number of piperidine rings is 1. The van der Waals surface area contributed by atoms with Crippen molar-refractivity contribution in [2.24, 2.45) is 23.2 Å². The Morgan fingerprint density at radius 3 is 2.09 bits per heavy atom. The van der Waals surface area contributed by atoms with Crippen LogP contribution >= 0.6 is 0 Å². The Morgan fingerprint density at radius 2 is 1.55 bits per heavy atom. The lowest BCUT2D eigenvalue weighted by Crippen LogP contribution is -2.56. The van der Waals surface area contributed by atoms with Gasteiger partial charge in [-0.25, -0.2) is 4.79 Å². The Labute approximate surface area is 195 Å². The lowest BCUT2D eigenvalue weighted by Gasteiger charge is -2.57. The number of carbonyl (C=O) groups excluding carboxylic acids is 3. The van der Waals surface area contributed by atoms with Crippen molar-refractivity contribution >= 4 is 18.0 Å². The first-order valence-electron chi connectivity index (χ1n) is 12.5. The predicted octanol–water partition coefficient (Wildman–Crippen LogP) is 4.16. The third-order valence-corrected chi connectivity index (χ3v) is 8.19. The first-order chi connectivity index (χ1) is 15.9. The highest BCUT2D eigenvalue weighted by molar-refractivity contribution is 5.94. The van der Waals surface area contributed by atoms with Crippen LogP contribution in [-0.4, -0.2) is 48.6 Å². The van der Waals surface area contributed by atoms with Crippen LogP contribution in [0.15, 0.2) is 24.3 Å². The second-order valence-corrected chi connectivity index (χ2v) is 10.5. The van der Waals surface area contributed by atoms with E-state index in [1.54, 1.807) is 31.2 Å². The van der Waals surface area contributed by atoms with Crippen LogP contribution in [-0.2, 0) is 9.53 Å². The molecule has 4 saturated carbocycles. The normalized spacial score (nSPS) is 30.7. The number of amides is 2. The van der Waals surface area contributed by atoms with Gasteiger partial charge in [0.1, 0.15) is 5.75 Å². The van der Waals surface area contributed by atoms with Crippen LogP contribution in [0.3, 0.4) is 0 Å². The smallest absolute Gasteiger partial charge is 0.434 e. The molecule has 1 aliphatic heterocycles. The van der Waals surface area contributed by atoms with Crippen molar-refractivity contribution in [3.8, 4) is 5.75 Å². The van der Waals surface area contributed by atoms with E-state index < -0.39 is 6.16 Å². The zero-order valence-electron chi connectivity index (χ0n) is 19.4. The Morgan fingerprint density at radius 1 is 0.970 bits per heavy atom. The molecule has 7 heteroatoms. The number of benzene rings is 1. The summed E-state index contributed by atoms with van der Waals surface area (Å²) in [5, 5.41) is 3.10. The summed E-state index contributed by atoms with van der Waals surface area (Å²) in [5.41, 5.74) is 0.427. The van der Waals surface area contributed by atoms with Crippen molar-refractivity contribution in [2.45, 2.75) is 64.3 Å². The largest absolute Gasteiger partial charge is 0.513 e. The topological polar surface area (TPSA) is 84.9 Å². The van der Waals surface area contributed by atoms with Crippen LogP contribution in [0.2, 0.25) is 0 Å². The fourth-order valence-electron chi connectivity index (χ4n) is 7.12. The average molecular weight is 455 g/mol. The van der Waals surface area contributed by atoms with Gasteiger partial charge in [-0.05, 0) is 100 Å². The average Bonchev–Trinajstić information content (AvgIpc) is 2.79. The summed E-state index contributed by atoms with van der Waals surface area (Å²) in [6, 6.07) is 6.50. The maximum atomic E-state index is 13.5. The molecular weight excluding hydrogens is 420 g/mol. The molecule has 1 N–H and O–H groups in total. The van der Waals surface area contributed by atoms with E-state index in [4.69, 9.17) is 9.47 Å². The number of ether oxygens (including phenoxy) is 2. The first kappa shape index (κ1) is 22.2. The second-order valence-electron chi connectivity index (χ2n) is 10.5. The van der Waals surface area contributed by atoms with E-state index in [2.05, 4.69) is 10.2 Å². The third-order valence-electron chi connectivity index (χ3n) is 8.19. The molecule has 178 valence electrons. The van der Waals surface area contributed by atoms with Gasteiger partial charge in [-0.3, -0.25) is 9.59 Å². The standard InChI is InChI=1S/C26H34N2O5/c1-2-32-25(31)33-22-5-3-20(4-6-22)23(29)27-21-7-9-28(10-8-21)24(30)26-14-17-11-18(15-26)13-19(12-17)16-26/h3-6,17-19,21H,2,7-16H2,1H3,(H,27,29). The number of carbonyl (C=O) groups is 3. The molecule has 0 atom stereocenters. The fraction of sp³-hybridized carbons (Fsp3) is 0.654. The lowest BCUT2D eigenvalue weighted by molar-refractivity contribution is -0.158. The van der Waals surface area contributed by atoms with E-state index in [9.17, 15) is 14.4 Å². The first-order valence-corrected chi connectivity index (χ1v) is 12.5.